The summed E-state index contributed by atoms with van der Waals surface area (Å²) >= 11 is 0. The molecule has 4 nitrogen and oxygen atoms in total. The van der Waals surface area contributed by atoms with Crippen LogP contribution in [0.15, 0.2) is 30.3 Å². The monoisotopic (exact) mass is 242 g/mol. The zero-order valence-electron chi connectivity index (χ0n) is 9.54. The van der Waals surface area contributed by atoms with Gasteiger partial charge in [-0.2, -0.15) is 0 Å². The largest absolute Gasteiger partial charge is 0.396 e. The lowest BCUT2D eigenvalue weighted by Crippen LogP contribution is -2.11. The molecule has 0 bridgehead atoms. The van der Waals surface area contributed by atoms with Crippen LogP contribution < -0.4 is 0 Å². The van der Waals surface area contributed by atoms with Crippen molar-refractivity contribution >= 4 is 13.1 Å². The van der Waals surface area contributed by atoms with E-state index in [-0.39, 0.29) is 0 Å². The molecule has 0 spiro atoms. The number of hydrogen-bond acceptors (Lipinski definition) is 4. The Kier molecular flexibility index (Phi) is 4.42. The Bertz CT molecular complexity index is 394. The highest BCUT2D eigenvalue weighted by Crippen LogP contribution is 2.51. The number of benzene rings is 1. The van der Waals surface area contributed by atoms with Crippen molar-refractivity contribution in [3.05, 3.63) is 35.9 Å². The minimum atomic E-state index is -3.63. The van der Waals surface area contributed by atoms with E-state index in [1.807, 2.05) is 18.2 Å². The fourth-order valence-corrected chi connectivity index (χ4v) is 2.51. The fraction of sp³-hybridized carbons (Fsp3) is 0.364. The van der Waals surface area contributed by atoms with Crippen LogP contribution in [0.5, 0.6) is 0 Å². The van der Waals surface area contributed by atoms with Crippen molar-refractivity contribution in [1.82, 2.24) is 0 Å². The Morgan fingerprint density at radius 2 is 1.69 bits per heavy atom. The van der Waals surface area contributed by atoms with Gasteiger partial charge in [0.05, 0.1) is 5.92 Å². The Morgan fingerprint density at radius 1 is 1.19 bits per heavy atom. The van der Waals surface area contributed by atoms with Crippen molar-refractivity contribution in [3.63, 3.8) is 0 Å². The van der Waals surface area contributed by atoms with Gasteiger partial charge in [0.1, 0.15) is 0 Å². The topological polar surface area (TPSA) is 52.6 Å². The molecule has 0 radical (unpaired) electrons. The Morgan fingerprint density at radius 3 is 2.12 bits per heavy atom. The quantitative estimate of drug-likeness (QED) is 0.745. The molecule has 5 heteroatoms. The number of carbonyl (C=O) groups is 1. The zero-order chi connectivity index (χ0) is 12.2. The van der Waals surface area contributed by atoms with E-state index in [1.54, 1.807) is 19.1 Å². The Labute approximate surface area is 95.1 Å². The molecular weight excluding hydrogens is 227 g/mol. The second-order valence-electron chi connectivity index (χ2n) is 3.33. The van der Waals surface area contributed by atoms with E-state index in [0.717, 1.165) is 5.56 Å². The first-order chi connectivity index (χ1) is 7.55. The lowest BCUT2D eigenvalue weighted by atomic mass is 10.0. The highest BCUT2D eigenvalue weighted by Gasteiger charge is 2.36. The van der Waals surface area contributed by atoms with Gasteiger partial charge >= 0.3 is 7.60 Å². The van der Waals surface area contributed by atoms with Gasteiger partial charge in [-0.3, -0.25) is 9.36 Å². The second-order valence-corrected chi connectivity index (χ2v) is 5.50. The summed E-state index contributed by atoms with van der Waals surface area (Å²) in [5.74, 6) is -0.507. The number of hydrogen-bond donors (Lipinski definition) is 0. The lowest BCUT2D eigenvalue weighted by Gasteiger charge is -2.16. The highest BCUT2D eigenvalue weighted by molar-refractivity contribution is 7.72. The van der Waals surface area contributed by atoms with Gasteiger partial charge in [-0.25, -0.2) is 0 Å². The molecule has 16 heavy (non-hydrogen) atoms. The average Bonchev–Trinajstić information content (AvgIpc) is 2.37. The SMILES string of the molecule is COP(=O)(OC)C(=O)[C@@H](C)c1ccccc1. The van der Waals surface area contributed by atoms with Crippen molar-refractivity contribution in [3.8, 4) is 0 Å². The third kappa shape index (κ3) is 2.59. The summed E-state index contributed by atoms with van der Waals surface area (Å²) in [5.41, 5.74) is 0.269. The van der Waals surface area contributed by atoms with Crippen molar-refractivity contribution in [2.75, 3.05) is 14.2 Å². The first kappa shape index (κ1) is 13.1. The molecule has 0 aliphatic rings. The predicted octanol–water partition coefficient (Wildman–Crippen LogP) is 2.80. The first-order valence-corrected chi connectivity index (χ1v) is 6.40. The predicted molar refractivity (Wildman–Crippen MR) is 61.5 cm³/mol. The van der Waals surface area contributed by atoms with Gasteiger partial charge < -0.3 is 9.05 Å². The third-order valence-corrected chi connectivity index (χ3v) is 4.31. The van der Waals surface area contributed by atoms with E-state index in [4.69, 9.17) is 0 Å². The maximum atomic E-state index is 11.9. The van der Waals surface area contributed by atoms with Crippen LogP contribution in [0.25, 0.3) is 0 Å². The molecule has 0 saturated carbocycles. The molecule has 0 aliphatic heterocycles. The summed E-state index contributed by atoms with van der Waals surface area (Å²) in [6, 6.07) is 9.11. The smallest absolute Gasteiger partial charge is 0.307 e. The van der Waals surface area contributed by atoms with Crippen molar-refractivity contribution in [1.29, 1.82) is 0 Å². The lowest BCUT2D eigenvalue weighted by molar-refractivity contribution is -0.114. The molecule has 0 amide bonds. The molecule has 0 fully saturated rings. The van der Waals surface area contributed by atoms with E-state index in [1.165, 1.54) is 14.2 Å². The van der Waals surface area contributed by atoms with Gasteiger partial charge in [-0.15, -0.1) is 0 Å². The van der Waals surface area contributed by atoms with Gasteiger partial charge in [0, 0.05) is 14.2 Å². The highest BCUT2D eigenvalue weighted by atomic mass is 31.2. The van der Waals surface area contributed by atoms with Crippen LogP contribution in [0, 0.1) is 0 Å². The molecule has 1 atom stereocenters. The van der Waals surface area contributed by atoms with Crippen molar-refractivity contribution < 1.29 is 18.4 Å². The van der Waals surface area contributed by atoms with Crippen LogP contribution in [0.3, 0.4) is 0 Å². The van der Waals surface area contributed by atoms with Crippen LogP contribution in [0.2, 0.25) is 0 Å². The molecule has 0 N–H and O–H groups in total. The minimum absolute atomic E-state index is 0.507. The summed E-state index contributed by atoms with van der Waals surface area (Å²) in [6.07, 6.45) is 0. The Hall–Kier alpha value is -0.960. The van der Waals surface area contributed by atoms with E-state index < -0.39 is 19.0 Å². The number of carbonyl (C=O) groups excluding carboxylic acids is 1. The second kappa shape index (κ2) is 5.39. The molecule has 0 unspecified atom stereocenters. The molecule has 0 heterocycles. The average molecular weight is 242 g/mol. The third-order valence-electron chi connectivity index (χ3n) is 2.42. The molecule has 88 valence electrons. The first-order valence-electron chi connectivity index (χ1n) is 4.86. The van der Waals surface area contributed by atoms with Crippen molar-refractivity contribution in [2.45, 2.75) is 12.8 Å². The summed E-state index contributed by atoms with van der Waals surface area (Å²) in [7, 11) is -1.22. The van der Waals surface area contributed by atoms with E-state index in [0.29, 0.717) is 0 Å². The summed E-state index contributed by atoms with van der Waals surface area (Å²) in [4.78, 5) is 11.9. The molecule has 0 aliphatic carbocycles. The van der Waals surface area contributed by atoms with Gasteiger partial charge in [0.15, 0.2) is 0 Å². The van der Waals surface area contributed by atoms with Gasteiger partial charge in [-0.1, -0.05) is 37.3 Å². The molecule has 0 saturated heterocycles. The van der Waals surface area contributed by atoms with Crippen LogP contribution in [-0.2, 0) is 18.4 Å². The fourth-order valence-electron chi connectivity index (χ4n) is 1.38. The number of rotatable bonds is 5. The Balaban J connectivity index is 2.95. The standard InChI is InChI=1S/C11H15O4P/c1-9(10-7-5-4-6-8-10)11(12)16(13,14-2)15-3/h4-9H,1-3H3/t9-/m0/s1. The minimum Gasteiger partial charge on any atom is -0.307 e. The summed E-state index contributed by atoms with van der Waals surface area (Å²) in [5, 5.41) is 0. The zero-order valence-corrected chi connectivity index (χ0v) is 10.4. The summed E-state index contributed by atoms with van der Waals surface area (Å²) < 4.78 is 21.2. The van der Waals surface area contributed by atoms with Crippen LogP contribution in [-0.4, -0.2) is 19.7 Å². The molecule has 1 aromatic carbocycles. The maximum absolute atomic E-state index is 11.9. The normalized spacial score (nSPS) is 13.4. The molecule has 1 aromatic rings. The van der Waals surface area contributed by atoms with Crippen molar-refractivity contribution in [2.24, 2.45) is 0 Å². The van der Waals surface area contributed by atoms with Gasteiger partial charge in [-0.05, 0) is 5.56 Å². The van der Waals surface area contributed by atoms with E-state index in [2.05, 4.69) is 9.05 Å². The van der Waals surface area contributed by atoms with Crippen LogP contribution in [0.4, 0.5) is 0 Å². The van der Waals surface area contributed by atoms with Gasteiger partial charge in [0.25, 0.3) is 5.52 Å². The molecule has 1 rings (SSSR count). The van der Waals surface area contributed by atoms with Crippen LogP contribution >= 0.6 is 7.60 Å². The molecule has 0 aromatic heterocycles. The van der Waals surface area contributed by atoms with Gasteiger partial charge in [0.2, 0.25) is 0 Å². The van der Waals surface area contributed by atoms with E-state index in [9.17, 15) is 9.36 Å². The molecular formula is C11H15O4P. The summed E-state index contributed by atoms with van der Waals surface area (Å²) in [6.45, 7) is 1.68. The van der Waals surface area contributed by atoms with E-state index >= 15 is 0 Å². The maximum Gasteiger partial charge on any atom is 0.396 e. The van der Waals surface area contributed by atoms with Crippen LogP contribution in [0.1, 0.15) is 18.4 Å².